The van der Waals surface area contributed by atoms with Crippen LogP contribution in [0.3, 0.4) is 0 Å². The number of nitrogens with zero attached hydrogens (tertiary/aromatic N) is 2. The van der Waals surface area contributed by atoms with Crippen LogP contribution in [0.5, 0.6) is 0 Å². The van der Waals surface area contributed by atoms with E-state index in [1.807, 2.05) is 71.0 Å². The summed E-state index contributed by atoms with van der Waals surface area (Å²) in [6, 6.07) is 22.2. The molecule has 0 heterocycles. The van der Waals surface area contributed by atoms with Crippen LogP contribution in [0.2, 0.25) is 0 Å². The summed E-state index contributed by atoms with van der Waals surface area (Å²) < 4.78 is 29.0. The lowest BCUT2D eigenvalue weighted by atomic mass is 10.1. The number of aryl methyl sites for hydroxylation is 2. The minimum absolute atomic E-state index is 0.0901. The first-order valence-electron chi connectivity index (χ1n) is 13.2. The van der Waals surface area contributed by atoms with Crippen LogP contribution >= 0.6 is 0 Å². The molecule has 0 spiro atoms. The van der Waals surface area contributed by atoms with Crippen molar-refractivity contribution in [2.45, 2.75) is 71.0 Å². The topological polar surface area (TPSA) is 86.8 Å². The molecule has 208 valence electrons. The van der Waals surface area contributed by atoms with Gasteiger partial charge < -0.3 is 10.2 Å². The number of carbonyl (C=O) groups is 2. The fourth-order valence-electron chi connectivity index (χ4n) is 4.23. The molecule has 0 fully saturated rings. The van der Waals surface area contributed by atoms with Gasteiger partial charge in [0.2, 0.25) is 11.8 Å². The maximum Gasteiger partial charge on any atom is 0.264 e. The van der Waals surface area contributed by atoms with E-state index in [-0.39, 0.29) is 17.3 Å². The Labute approximate surface area is 232 Å². The van der Waals surface area contributed by atoms with Gasteiger partial charge in [0.15, 0.2) is 0 Å². The quantitative estimate of drug-likeness (QED) is 0.382. The number of amides is 2. The van der Waals surface area contributed by atoms with Gasteiger partial charge >= 0.3 is 0 Å². The van der Waals surface area contributed by atoms with Crippen molar-refractivity contribution in [1.82, 2.24) is 10.2 Å². The molecule has 2 amide bonds. The predicted molar refractivity (Wildman–Crippen MR) is 156 cm³/mol. The molecule has 3 aromatic rings. The molecule has 8 heteroatoms. The van der Waals surface area contributed by atoms with Crippen molar-refractivity contribution >= 4 is 27.5 Å². The van der Waals surface area contributed by atoms with E-state index in [4.69, 9.17) is 0 Å². The summed E-state index contributed by atoms with van der Waals surface area (Å²) in [6.45, 7) is 10.9. The second-order valence-electron chi connectivity index (χ2n) is 10.7. The third-order valence-corrected chi connectivity index (χ3v) is 8.16. The molecule has 3 rings (SSSR count). The van der Waals surface area contributed by atoms with E-state index < -0.39 is 34.1 Å². The van der Waals surface area contributed by atoms with Crippen LogP contribution in [-0.2, 0) is 32.6 Å². The number of para-hydroxylation sites is 1. The number of nitrogens with one attached hydrogen (secondary N) is 1. The maximum absolute atomic E-state index is 14.0. The van der Waals surface area contributed by atoms with Crippen molar-refractivity contribution < 1.29 is 18.0 Å². The highest BCUT2D eigenvalue weighted by Crippen LogP contribution is 2.28. The first-order valence-corrected chi connectivity index (χ1v) is 14.6. The van der Waals surface area contributed by atoms with Crippen LogP contribution in [0.4, 0.5) is 5.69 Å². The zero-order chi connectivity index (χ0) is 28.8. The van der Waals surface area contributed by atoms with Gasteiger partial charge in [-0.05, 0) is 70.4 Å². The van der Waals surface area contributed by atoms with Crippen LogP contribution in [0.15, 0.2) is 83.8 Å². The first kappa shape index (κ1) is 29.9. The fourth-order valence-corrected chi connectivity index (χ4v) is 5.71. The summed E-state index contributed by atoms with van der Waals surface area (Å²) in [5, 5.41) is 2.94. The number of carbonyl (C=O) groups excluding carboxylic acids is 2. The van der Waals surface area contributed by atoms with Gasteiger partial charge in [0.1, 0.15) is 12.6 Å². The number of rotatable bonds is 10. The molecule has 0 aromatic heterocycles. The number of hydrogen-bond acceptors (Lipinski definition) is 4. The zero-order valence-corrected chi connectivity index (χ0v) is 24.5. The normalized spacial score (nSPS) is 12.5. The van der Waals surface area contributed by atoms with E-state index in [0.717, 1.165) is 16.7 Å². The number of anilines is 1. The monoisotopic (exact) mass is 549 g/mol. The van der Waals surface area contributed by atoms with Gasteiger partial charge in [-0.1, -0.05) is 73.2 Å². The Morgan fingerprint density at radius 2 is 1.49 bits per heavy atom. The number of hydrogen-bond donors (Lipinski definition) is 1. The minimum Gasteiger partial charge on any atom is -0.350 e. The van der Waals surface area contributed by atoms with E-state index >= 15 is 0 Å². The average Bonchev–Trinajstić information content (AvgIpc) is 2.90. The van der Waals surface area contributed by atoms with E-state index in [1.165, 1.54) is 21.3 Å². The second kappa shape index (κ2) is 12.5. The molecule has 0 aliphatic heterocycles. The molecule has 0 saturated carbocycles. The van der Waals surface area contributed by atoms with Gasteiger partial charge in [0.25, 0.3) is 10.0 Å². The van der Waals surface area contributed by atoms with Crippen LogP contribution < -0.4 is 9.62 Å². The SMILES string of the molecule is CCc1ccccc1N(CC(=O)N(Cc1ccc(C)cc1)[C@H](C)C(=O)NC(C)(C)C)S(=O)(=O)c1ccccc1. The molecule has 0 unspecified atom stereocenters. The molecule has 39 heavy (non-hydrogen) atoms. The van der Waals surface area contributed by atoms with Crippen molar-refractivity contribution in [3.8, 4) is 0 Å². The lowest BCUT2D eigenvalue weighted by Crippen LogP contribution is -2.54. The van der Waals surface area contributed by atoms with E-state index in [2.05, 4.69) is 5.32 Å². The van der Waals surface area contributed by atoms with Crippen LogP contribution in [-0.4, -0.2) is 43.3 Å². The van der Waals surface area contributed by atoms with Crippen molar-refractivity contribution in [2.24, 2.45) is 0 Å². The largest absolute Gasteiger partial charge is 0.350 e. The minimum atomic E-state index is -4.08. The van der Waals surface area contributed by atoms with Crippen molar-refractivity contribution in [2.75, 3.05) is 10.8 Å². The summed E-state index contributed by atoms with van der Waals surface area (Å²) in [5.41, 5.74) is 2.67. The summed E-state index contributed by atoms with van der Waals surface area (Å²) in [5.74, 6) is -0.785. The Morgan fingerprint density at radius 3 is 2.08 bits per heavy atom. The Morgan fingerprint density at radius 1 is 0.897 bits per heavy atom. The maximum atomic E-state index is 14.0. The molecular weight excluding hydrogens is 510 g/mol. The van der Waals surface area contributed by atoms with Gasteiger partial charge in [-0.15, -0.1) is 0 Å². The molecule has 0 aliphatic rings. The summed E-state index contributed by atoms with van der Waals surface area (Å²) in [7, 11) is -4.08. The summed E-state index contributed by atoms with van der Waals surface area (Å²) >= 11 is 0. The molecule has 0 saturated heterocycles. The predicted octanol–water partition coefficient (Wildman–Crippen LogP) is 5.08. The van der Waals surface area contributed by atoms with Gasteiger partial charge in [-0.2, -0.15) is 0 Å². The fraction of sp³-hybridized carbons (Fsp3) is 0.355. The lowest BCUT2D eigenvalue weighted by molar-refractivity contribution is -0.140. The standard InChI is InChI=1S/C31H39N3O4S/c1-7-26-13-11-12-16-28(26)34(39(37,38)27-14-9-8-10-15-27)22-29(35)33(21-25-19-17-23(2)18-20-25)24(3)30(36)32-31(4,5)6/h8-20,24H,7,21-22H2,1-6H3,(H,32,36)/t24-/m1/s1. The molecule has 7 nitrogen and oxygen atoms in total. The highest BCUT2D eigenvalue weighted by Gasteiger charge is 2.33. The van der Waals surface area contributed by atoms with Gasteiger partial charge in [0.05, 0.1) is 10.6 Å². The Kier molecular flexibility index (Phi) is 9.56. The average molecular weight is 550 g/mol. The summed E-state index contributed by atoms with van der Waals surface area (Å²) in [4.78, 5) is 28.8. The Balaban J connectivity index is 2.06. The van der Waals surface area contributed by atoms with Crippen molar-refractivity contribution in [3.63, 3.8) is 0 Å². The van der Waals surface area contributed by atoms with Crippen molar-refractivity contribution in [3.05, 3.63) is 95.6 Å². The third kappa shape index (κ3) is 7.69. The third-order valence-electron chi connectivity index (χ3n) is 6.39. The van der Waals surface area contributed by atoms with E-state index in [1.54, 1.807) is 37.3 Å². The Bertz CT molecular complexity index is 1380. The highest BCUT2D eigenvalue weighted by molar-refractivity contribution is 7.92. The molecule has 0 bridgehead atoms. The van der Waals surface area contributed by atoms with Gasteiger partial charge in [-0.25, -0.2) is 8.42 Å². The smallest absolute Gasteiger partial charge is 0.264 e. The zero-order valence-electron chi connectivity index (χ0n) is 23.6. The van der Waals surface area contributed by atoms with Crippen LogP contribution in [0, 0.1) is 6.92 Å². The molecule has 0 aliphatic carbocycles. The number of benzene rings is 3. The van der Waals surface area contributed by atoms with E-state index in [9.17, 15) is 18.0 Å². The molecule has 1 atom stereocenters. The van der Waals surface area contributed by atoms with Crippen LogP contribution in [0.1, 0.15) is 51.3 Å². The number of sulfonamides is 1. The molecule has 1 N–H and O–H groups in total. The second-order valence-corrected chi connectivity index (χ2v) is 12.6. The van der Waals surface area contributed by atoms with Crippen LogP contribution in [0.25, 0.3) is 0 Å². The molecule has 0 radical (unpaired) electrons. The van der Waals surface area contributed by atoms with Gasteiger partial charge in [-0.3, -0.25) is 13.9 Å². The summed E-state index contributed by atoms with van der Waals surface area (Å²) in [6.07, 6.45) is 0.586. The lowest BCUT2D eigenvalue weighted by Gasteiger charge is -2.34. The Hall–Kier alpha value is -3.65. The highest BCUT2D eigenvalue weighted by atomic mass is 32.2. The molecule has 3 aromatic carbocycles. The molecular formula is C31H39N3O4S. The van der Waals surface area contributed by atoms with E-state index in [0.29, 0.717) is 12.1 Å². The first-order chi connectivity index (χ1) is 18.3. The van der Waals surface area contributed by atoms with Crippen molar-refractivity contribution in [1.29, 1.82) is 0 Å². The van der Waals surface area contributed by atoms with Gasteiger partial charge in [0, 0.05) is 12.1 Å².